The number of carbonyl (C=O) groups is 1. The van der Waals surface area contributed by atoms with Crippen LogP contribution >= 0.6 is 11.6 Å². The van der Waals surface area contributed by atoms with E-state index < -0.39 is 0 Å². The van der Waals surface area contributed by atoms with Gasteiger partial charge in [-0.1, -0.05) is 48.0 Å². The summed E-state index contributed by atoms with van der Waals surface area (Å²) >= 11 is 6.29. The number of amides is 1. The Hall–Kier alpha value is -1.88. The van der Waals surface area contributed by atoms with E-state index in [1.54, 1.807) is 0 Å². The summed E-state index contributed by atoms with van der Waals surface area (Å²) in [5.74, 6) is 0.00147. The highest BCUT2D eigenvalue weighted by Gasteiger charge is 2.19. The Balaban J connectivity index is 1.43. The van der Waals surface area contributed by atoms with E-state index in [1.807, 2.05) is 26.0 Å². The first-order chi connectivity index (χ1) is 13.0. The Morgan fingerprint density at radius 1 is 1.04 bits per heavy atom. The van der Waals surface area contributed by atoms with Crippen LogP contribution in [0.5, 0.6) is 0 Å². The van der Waals surface area contributed by atoms with Gasteiger partial charge in [0.1, 0.15) is 0 Å². The number of halogens is 1. The predicted octanol–water partition coefficient (Wildman–Crippen LogP) is 3.76. The van der Waals surface area contributed by atoms with Gasteiger partial charge in [0.05, 0.1) is 17.3 Å². The van der Waals surface area contributed by atoms with Crippen molar-refractivity contribution in [2.75, 3.05) is 44.6 Å². The van der Waals surface area contributed by atoms with Crippen molar-refractivity contribution in [2.45, 2.75) is 20.3 Å². The first-order valence-electron chi connectivity index (χ1n) is 9.56. The fourth-order valence-electron chi connectivity index (χ4n) is 3.56. The average molecular weight is 386 g/mol. The Kier molecular flexibility index (Phi) is 6.89. The molecule has 3 rings (SSSR count). The molecule has 1 fully saturated rings. The number of hydrogen-bond acceptors (Lipinski definition) is 3. The molecular formula is C22H28ClN3O. The van der Waals surface area contributed by atoms with E-state index in [1.165, 1.54) is 5.56 Å². The minimum atomic E-state index is 0.00147. The Morgan fingerprint density at radius 3 is 2.37 bits per heavy atom. The van der Waals surface area contributed by atoms with Crippen molar-refractivity contribution >= 4 is 23.2 Å². The Bertz CT molecular complexity index is 747. The van der Waals surface area contributed by atoms with E-state index in [0.717, 1.165) is 56.0 Å². The fourth-order valence-corrected chi connectivity index (χ4v) is 3.93. The van der Waals surface area contributed by atoms with Crippen LogP contribution in [-0.4, -0.2) is 55.0 Å². The average Bonchev–Trinajstić information content (AvgIpc) is 2.65. The largest absolute Gasteiger partial charge is 0.323 e. The van der Waals surface area contributed by atoms with Crippen molar-refractivity contribution in [3.8, 4) is 0 Å². The second kappa shape index (κ2) is 9.36. The maximum atomic E-state index is 12.4. The number of nitrogens with zero attached hydrogens (tertiary/aromatic N) is 2. The van der Waals surface area contributed by atoms with Crippen molar-refractivity contribution in [1.29, 1.82) is 0 Å². The molecule has 4 nitrogen and oxygen atoms in total. The SMILES string of the molecule is Cc1cc(C)c(NC(=O)CN2CCN(CCc3ccccc3)CC2)c(Cl)c1. The minimum absolute atomic E-state index is 0.00147. The molecule has 0 aromatic heterocycles. The normalized spacial score (nSPS) is 15.7. The molecular weight excluding hydrogens is 358 g/mol. The molecule has 144 valence electrons. The molecule has 1 aliphatic heterocycles. The van der Waals surface area contributed by atoms with Gasteiger partial charge < -0.3 is 10.2 Å². The summed E-state index contributed by atoms with van der Waals surface area (Å²) < 4.78 is 0. The van der Waals surface area contributed by atoms with Gasteiger partial charge >= 0.3 is 0 Å². The molecule has 5 heteroatoms. The van der Waals surface area contributed by atoms with Gasteiger partial charge in [0.2, 0.25) is 5.91 Å². The number of rotatable bonds is 6. The molecule has 0 spiro atoms. The molecule has 1 N–H and O–H groups in total. The third kappa shape index (κ3) is 5.80. The highest BCUT2D eigenvalue weighted by molar-refractivity contribution is 6.34. The Morgan fingerprint density at radius 2 is 1.70 bits per heavy atom. The quantitative estimate of drug-likeness (QED) is 0.822. The molecule has 0 aliphatic carbocycles. The van der Waals surface area contributed by atoms with Crippen molar-refractivity contribution < 1.29 is 4.79 Å². The molecule has 1 amide bonds. The van der Waals surface area contributed by atoms with E-state index >= 15 is 0 Å². The lowest BCUT2D eigenvalue weighted by molar-refractivity contribution is -0.117. The number of hydrogen-bond donors (Lipinski definition) is 1. The third-order valence-corrected chi connectivity index (χ3v) is 5.39. The van der Waals surface area contributed by atoms with Crippen molar-refractivity contribution in [3.63, 3.8) is 0 Å². The van der Waals surface area contributed by atoms with Crippen LogP contribution < -0.4 is 5.32 Å². The van der Waals surface area contributed by atoms with E-state index in [9.17, 15) is 4.79 Å². The van der Waals surface area contributed by atoms with Gasteiger partial charge in [0, 0.05) is 32.7 Å². The zero-order valence-corrected chi connectivity index (χ0v) is 16.9. The molecule has 2 aromatic rings. The highest BCUT2D eigenvalue weighted by atomic mass is 35.5. The third-order valence-electron chi connectivity index (χ3n) is 5.09. The van der Waals surface area contributed by atoms with Gasteiger partial charge in [-0.2, -0.15) is 0 Å². The van der Waals surface area contributed by atoms with Gasteiger partial charge in [0.25, 0.3) is 0 Å². The van der Waals surface area contributed by atoms with Crippen molar-refractivity contribution in [2.24, 2.45) is 0 Å². The molecule has 0 bridgehead atoms. The maximum absolute atomic E-state index is 12.4. The molecule has 0 unspecified atom stereocenters. The van der Waals surface area contributed by atoms with Crippen LogP contribution in [0.4, 0.5) is 5.69 Å². The molecule has 2 aromatic carbocycles. The summed E-state index contributed by atoms with van der Waals surface area (Å²) in [5, 5.41) is 3.59. The fraction of sp³-hybridized carbons (Fsp3) is 0.409. The van der Waals surface area contributed by atoms with Crippen LogP contribution in [0.25, 0.3) is 0 Å². The number of anilines is 1. The van der Waals surface area contributed by atoms with Crippen LogP contribution in [-0.2, 0) is 11.2 Å². The van der Waals surface area contributed by atoms with Crippen LogP contribution in [0, 0.1) is 13.8 Å². The molecule has 27 heavy (non-hydrogen) atoms. The summed E-state index contributed by atoms with van der Waals surface area (Å²) in [4.78, 5) is 17.1. The van der Waals surface area contributed by atoms with Gasteiger partial charge in [-0.25, -0.2) is 0 Å². The molecule has 1 saturated heterocycles. The number of carbonyl (C=O) groups excluding carboxylic acids is 1. The summed E-state index contributed by atoms with van der Waals surface area (Å²) in [6, 6.07) is 14.5. The minimum Gasteiger partial charge on any atom is -0.323 e. The number of benzene rings is 2. The van der Waals surface area contributed by atoms with E-state index in [4.69, 9.17) is 11.6 Å². The highest BCUT2D eigenvalue weighted by Crippen LogP contribution is 2.27. The van der Waals surface area contributed by atoms with Crippen LogP contribution in [0.2, 0.25) is 5.02 Å². The zero-order valence-electron chi connectivity index (χ0n) is 16.2. The lowest BCUT2D eigenvalue weighted by atomic mass is 10.1. The zero-order chi connectivity index (χ0) is 19.2. The summed E-state index contributed by atoms with van der Waals surface area (Å²) in [6.07, 6.45) is 1.08. The second-order valence-electron chi connectivity index (χ2n) is 7.34. The first kappa shape index (κ1) is 19.9. The standard InChI is InChI=1S/C22H28ClN3O/c1-17-14-18(2)22(20(23)15-17)24-21(27)16-26-12-10-25(11-13-26)9-8-19-6-4-3-5-7-19/h3-7,14-15H,8-13,16H2,1-2H3,(H,24,27). The molecule has 0 radical (unpaired) electrons. The predicted molar refractivity (Wildman–Crippen MR) is 113 cm³/mol. The Labute approximate surface area is 167 Å². The second-order valence-corrected chi connectivity index (χ2v) is 7.75. The molecule has 0 atom stereocenters. The lowest BCUT2D eigenvalue weighted by Gasteiger charge is -2.34. The number of aryl methyl sites for hydroxylation is 2. The summed E-state index contributed by atoms with van der Waals surface area (Å²) in [7, 11) is 0. The van der Waals surface area contributed by atoms with Crippen LogP contribution in [0.3, 0.4) is 0 Å². The van der Waals surface area contributed by atoms with Gasteiger partial charge in [-0.15, -0.1) is 0 Å². The van der Waals surface area contributed by atoms with E-state index in [0.29, 0.717) is 11.6 Å². The van der Waals surface area contributed by atoms with Crippen LogP contribution in [0.15, 0.2) is 42.5 Å². The lowest BCUT2D eigenvalue weighted by Crippen LogP contribution is -2.49. The summed E-state index contributed by atoms with van der Waals surface area (Å²) in [6.45, 7) is 9.31. The first-order valence-corrected chi connectivity index (χ1v) is 9.94. The molecule has 1 heterocycles. The smallest absolute Gasteiger partial charge is 0.238 e. The monoisotopic (exact) mass is 385 g/mol. The number of nitrogens with one attached hydrogen (secondary N) is 1. The van der Waals surface area contributed by atoms with Gasteiger partial charge in [-0.05, 0) is 43.0 Å². The van der Waals surface area contributed by atoms with Crippen LogP contribution in [0.1, 0.15) is 16.7 Å². The van der Waals surface area contributed by atoms with E-state index in [-0.39, 0.29) is 5.91 Å². The maximum Gasteiger partial charge on any atom is 0.238 e. The van der Waals surface area contributed by atoms with Crippen molar-refractivity contribution in [1.82, 2.24) is 9.80 Å². The molecule has 1 aliphatic rings. The topological polar surface area (TPSA) is 35.6 Å². The van der Waals surface area contributed by atoms with Gasteiger partial charge in [0.15, 0.2) is 0 Å². The molecule has 0 saturated carbocycles. The van der Waals surface area contributed by atoms with E-state index in [2.05, 4.69) is 45.4 Å². The van der Waals surface area contributed by atoms with Crippen molar-refractivity contribution in [3.05, 3.63) is 64.2 Å². The summed E-state index contributed by atoms with van der Waals surface area (Å²) in [5.41, 5.74) is 4.21. The van der Waals surface area contributed by atoms with Gasteiger partial charge in [-0.3, -0.25) is 9.69 Å². The number of piperazine rings is 1.